The van der Waals surface area contributed by atoms with Crippen LogP contribution >= 0.6 is 0 Å². The lowest BCUT2D eigenvalue weighted by Crippen LogP contribution is -2.29. The highest BCUT2D eigenvalue weighted by Gasteiger charge is 2.33. The second-order valence-electron chi connectivity index (χ2n) is 6.01. The Balaban J connectivity index is 1.84. The van der Waals surface area contributed by atoms with Crippen molar-refractivity contribution in [1.29, 1.82) is 5.26 Å². The fraction of sp³-hybridized carbons (Fsp3) is 0.278. The highest BCUT2D eigenvalue weighted by atomic mass is 19.4. The number of aromatic nitrogens is 1. The molecule has 9 heteroatoms. The topological polar surface area (TPSA) is 86.5 Å². The van der Waals surface area contributed by atoms with Gasteiger partial charge in [0.05, 0.1) is 17.7 Å². The van der Waals surface area contributed by atoms with Gasteiger partial charge in [-0.1, -0.05) is 6.07 Å². The van der Waals surface area contributed by atoms with Crippen molar-refractivity contribution in [2.24, 2.45) is 0 Å². The number of β-amino-alcohol motifs (C(OH)–C–C–N with tert-alkyl or cyclic N) is 1. The molecule has 3 rings (SSSR count). The molecule has 0 radical (unpaired) electrons. The Labute approximate surface area is 152 Å². The van der Waals surface area contributed by atoms with Crippen LogP contribution in [0.4, 0.5) is 13.2 Å². The van der Waals surface area contributed by atoms with Gasteiger partial charge in [0.1, 0.15) is 11.4 Å². The monoisotopic (exact) mass is 377 g/mol. The molecule has 0 unspecified atom stereocenters. The minimum Gasteiger partial charge on any atom is -0.439 e. The van der Waals surface area contributed by atoms with Crippen LogP contribution in [0.25, 0.3) is 0 Å². The van der Waals surface area contributed by atoms with Crippen LogP contribution in [0.3, 0.4) is 0 Å². The number of aliphatic hydroxyl groups excluding tert-OH is 1. The fourth-order valence-electron chi connectivity index (χ4n) is 2.69. The van der Waals surface area contributed by atoms with Crippen molar-refractivity contribution in [1.82, 2.24) is 9.88 Å². The molecular formula is C18H14F3N3O3. The van der Waals surface area contributed by atoms with Crippen molar-refractivity contribution >= 4 is 5.91 Å². The van der Waals surface area contributed by atoms with Crippen LogP contribution in [0.15, 0.2) is 36.4 Å². The number of halogens is 3. The molecule has 1 fully saturated rings. The standard InChI is InChI=1S/C18H14F3N3O3/c19-18(20,21)15-6-11(9-22)7-16(23-15)27-14-3-1-2-12(8-14)17(26)24-5-4-13(25)10-24/h1-3,6-8,13,25H,4-5,10H2/t13-/m0/s1. The van der Waals surface area contributed by atoms with E-state index in [1.54, 1.807) is 12.1 Å². The van der Waals surface area contributed by atoms with Gasteiger partial charge in [-0.05, 0) is 30.7 Å². The summed E-state index contributed by atoms with van der Waals surface area (Å²) >= 11 is 0. The van der Waals surface area contributed by atoms with E-state index in [0.29, 0.717) is 19.0 Å². The zero-order chi connectivity index (χ0) is 19.6. The van der Waals surface area contributed by atoms with E-state index in [0.717, 1.165) is 6.07 Å². The lowest BCUT2D eigenvalue weighted by Gasteiger charge is -2.16. The lowest BCUT2D eigenvalue weighted by atomic mass is 10.2. The first-order chi connectivity index (χ1) is 12.8. The lowest BCUT2D eigenvalue weighted by molar-refractivity contribution is -0.141. The number of amides is 1. The van der Waals surface area contributed by atoms with E-state index in [2.05, 4.69) is 4.98 Å². The third-order valence-corrected chi connectivity index (χ3v) is 3.98. The summed E-state index contributed by atoms with van der Waals surface area (Å²) in [5.41, 5.74) is -1.21. The molecule has 2 heterocycles. The Morgan fingerprint density at radius 3 is 2.74 bits per heavy atom. The quantitative estimate of drug-likeness (QED) is 0.889. The number of hydrogen-bond donors (Lipinski definition) is 1. The number of nitriles is 1. The summed E-state index contributed by atoms with van der Waals surface area (Å²) in [7, 11) is 0. The van der Waals surface area contributed by atoms with Gasteiger partial charge < -0.3 is 14.7 Å². The SMILES string of the molecule is N#Cc1cc(Oc2cccc(C(=O)N3CC[C@H](O)C3)c2)nc(C(F)(F)F)c1. The average molecular weight is 377 g/mol. The number of ether oxygens (including phenoxy) is 1. The molecule has 0 saturated carbocycles. The smallest absolute Gasteiger partial charge is 0.433 e. The number of alkyl halides is 3. The van der Waals surface area contributed by atoms with Crippen LogP contribution < -0.4 is 4.74 Å². The number of benzene rings is 1. The van der Waals surface area contributed by atoms with Gasteiger partial charge in [0, 0.05) is 24.7 Å². The van der Waals surface area contributed by atoms with Crippen molar-refractivity contribution in [2.75, 3.05) is 13.1 Å². The molecule has 1 aliphatic heterocycles. The van der Waals surface area contributed by atoms with Gasteiger partial charge in [-0.3, -0.25) is 4.79 Å². The molecule has 1 aliphatic rings. The van der Waals surface area contributed by atoms with Crippen LogP contribution in [-0.2, 0) is 6.18 Å². The van der Waals surface area contributed by atoms with Gasteiger partial charge in [-0.25, -0.2) is 4.98 Å². The summed E-state index contributed by atoms with van der Waals surface area (Å²) in [5.74, 6) is -0.606. The largest absolute Gasteiger partial charge is 0.439 e. The highest BCUT2D eigenvalue weighted by Crippen LogP contribution is 2.31. The van der Waals surface area contributed by atoms with Crippen LogP contribution in [0.5, 0.6) is 11.6 Å². The van der Waals surface area contributed by atoms with E-state index in [9.17, 15) is 23.1 Å². The first-order valence-electron chi connectivity index (χ1n) is 8.01. The molecular weight excluding hydrogens is 363 g/mol. The molecule has 1 N–H and O–H groups in total. The second kappa shape index (κ2) is 7.25. The third-order valence-electron chi connectivity index (χ3n) is 3.98. The molecule has 1 aromatic carbocycles. The molecule has 1 atom stereocenters. The number of carbonyl (C=O) groups excluding carboxylic acids is 1. The maximum atomic E-state index is 12.9. The van der Waals surface area contributed by atoms with Gasteiger partial charge in [0.2, 0.25) is 5.88 Å². The van der Waals surface area contributed by atoms with E-state index < -0.39 is 23.9 Å². The van der Waals surface area contributed by atoms with E-state index in [-0.39, 0.29) is 29.3 Å². The van der Waals surface area contributed by atoms with E-state index in [1.807, 2.05) is 0 Å². The Bertz CT molecular complexity index is 909. The van der Waals surface area contributed by atoms with Gasteiger partial charge in [0.15, 0.2) is 0 Å². The summed E-state index contributed by atoms with van der Waals surface area (Å²) in [5, 5.41) is 18.4. The van der Waals surface area contributed by atoms with E-state index in [1.165, 1.54) is 23.1 Å². The summed E-state index contributed by atoms with van der Waals surface area (Å²) in [6, 6.07) is 9.25. The molecule has 0 aliphatic carbocycles. The van der Waals surface area contributed by atoms with Gasteiger partial charge >= 0.3 is 6.18 Å². The minimum absolute atomic E-state index is 0.108. The van der Waals surface area contributed by atoms with Crippen LogP contribution in [-0.4, -0.2) is 40.1 Å². The number of nitrogens with zero attached hydrogens (tertiary/aromatic N) is 3. The first kappa shape index (κ1) is 18.7. The molecule has 27 heavy (non-hydrogen) atoms. The normalized spacial score (nSPS) is 16.9. The number of pyridine rings is 1. The Morgan fingerprint density at radius 2 is 2.11 bits per heavy atom. The van der Waals surface area contributed by atoms with Gasteiger partial charge in [0.25, 0.3) is 5.91 Å². The fourth-order valence-corrected chi connectivity index (χ4v) is 2.69. The summed E-state index contributed by atoms with van der Waals surface area (Å²) < 4.78 is 44.0. The van der Waals surface area contributed by atoms with Crippen molar-refractivity contribution in [2.45, 2.75) is 18.7 Å². The average Bonchev–Trinajstić information content (AvgIpc) is 3.06. The number of aliphatic hydroxyl groups is 1. The molecule has 1 amide bonds. The molecule has 1 saturated heterocycles. The van der Waals surface area contributed by atoms with Crippen molar-refractivity contribution in [3.05, 3.63) is 53.2 Å². The molecule has 1 aromatic heterocycles. The van der Waals surface area contributed by atoms with Crippen LogP contribution in [0.2, 0.25) is 0 Å². The van der Waals surface area contributed by atoms with Crippen LogP contribution in [0, 0.1) is 11.3 Å². The van der Waals surface area contributed by atoms with Gasteiger partial charge in [-0.15, -0.1) is 0 Å². The first-order valence-corrected chi connectivity index (χ1v) is 8.01. The highest BCUT2D eigenvalue weighted by molar-refractivity contribution is 5.94. The number of likely N-dealkylation sites (tertiary alicyclic amines) is 1. The molecule has 2 aromatic rings. The van der Waals surface area contributed by atoms with Crippen molar-refractivity contribution in [3.63, 3.8) is 0 Å². The Morgan fingerprint density at radius 1 is 1.33 bits per heavy atom. The zero-order valence-electron chi connectivity index (χ0n) is 13.9. The molecule has 0 spiro atoms. The van der Waals surface area contributed by atoms with Gasteiger partial charge in [-0.2, -0.15) is 18.4 Å². The zero-order valence-corrected chi connectivity index (χ0v) is 13.9. The summed E-state index contributed by atoms with van der Waals surface area (Å²) in [6.45, 7) is 0.649. The molecule has 140 valence electrons. The minimum atomic E-state index is -4.72. The molecule has 0 bridgehead atoms. The maximum Gasteiger partial charge on any atom is 0.433 e. The number of carbonyl (C=O) groups is 1. The number of hydrogen-bond acceptors (Lipinski definition) is 5. The predicted molar refractivity (Wildman–Crippen MR) is 87.0 cm³/mol. The summed E-state index contributed by atoms with van der Waals surface area (Å²) in [4.78, 5) is 17.3. The van der Waals surface area contributed by atoms with Crippen molar-refractivity contribution < 1.29 is 27.8 Å². The maximum absolute atomic E-state index is 12.9. The third kappa shape index (κ3) is 4.35. The number of rotatable bonds is 3. The Kier molecular flexibility index (Phi) is 5.01. The van der Waals surface area contributed by atoms with E-state index >= 15 is 0 Å². The summed E-state index contributed by atoms with van der Waals surface area (Å²) in [6.07, 6.45) is -4.79. The Hall–Kier alpha value is -3.12. The molecule has 6 nitrogen and oxygen atoms in total. The second-order valence-corrected chi connectivity index (χ2v) is 6.01. The predicted octanol–water partition coefficient (Wildman–Crippen LogP) is 2.97. The van der Waals surface area contributed by atoms with Crippen LogP contribution in [0.1, 0.15) is 28.0 Å². The van der Waals surface area contributed by atoms with E-state index in [4.69, 9.17) is 10.00 Å². The van der Waals surface area contributed by atoms with Crippen molar-refractivity contribution in [3.8, 4) is 17.7 Å².